The molecular weight excluding hydrogens is 178 g/mol. The number of aliphatic carboxylic acids is 1. The van der Waals surface area contributed by atoms with Gasteiger partial charge in [0.1, 0.15) is 6.04 Å². The first-order valence-corrected chi connectivity index (χ1v) is 5.67. The lowest BCUT2D eigenvalue weighted by atomic mass is 10.1. The van der Waals surface area contributed by atoms with E-state index in [4.69, 9.17) is 0 Å². The fraction of sp³-hybridized carbons (Fsp3) is 0.909. The Hall–Kier alpha value is -0.570. The summed E-state index contributed by atoms with van der Waals surface area (Å²) >= 11 is 0. The van der Waals surface area contributed by atoms with Gasteiger partial charge in [-0.15, -0.1) is 0 Å². The van der Waals surface area contributed by atoms with Crippen molar-refractivity contribution in [1.82, 2.24) is 4.90 Å². The summed E-state index contributed by atoms with van der Waals surface area (Å²) in [6.45, 7) is 2.08. The Balaban J connectivity index is 1.70. The fourth-order valence-electron chi connectivity index (χ4n) is 2.86. The molecular formula is C11H17NO2. The van der Waals surface area contributed by atoms with E-state index in [1.807, 2.05) is 0 Å². The lowest BCUT2D eigenvalue weighted by Gasteiger charge is -2.23. The third kappa shape index (κ3) is 1.34. The van der Waals surface area contributed by atoms with Crippen molar-refractivity contribution in [3.05, 3.63) is 0 Å². The van der Waals surface area contributed by atoms with Crippen molar-refractivity contribution in [2.45, 2.75) is 38.1 Å². The Bertz CT molecular complexity index is 268. The number of carbonyl (C=O) groups is 1. The summed E-state index contributed by atoms with van der Waals surface area (Å²) in [6.07, 6.45) is 6.16. The summed E-state index contributed by atoms with van der Waals surface area (Å²) in [5, 5.41) is 9.19. The second kappa shape index (κ2) is 2.72. The molecule has 3 fully saturated rings. The molecule has 1 aliphatic heterocycles. The van der Waals surface area contributed by atoms with Gasteiger partial charge >= 0.3 is 5.97 Å². The van der Waals surface area contributed by atoms with Gasteiger partial charge in [-0.3, -0.25) is 9.69 Å². The second-order valence-electron chi connectivity index (χ2n) is 5.34. The molecule has 14 heavy (non-hydrogen) atoms. The molecule has 1 unspecified atom stereocenters. The Labute approximate surface area is 84.1 Å². The van der Waals surface area contributed by atoms with Crippen molar-refractivity contribution in [3.63, 3.8) is 0 Å². The Morgan fingerprint density at radius 2 is 2.07 bits per heavy atom. The second-order valence-corrected chi connectivity index (χ2v) is 5.34. The smallest absolute Gasteiger partial charge is 0.321 e. The average Bonchev–Trinajstić information content (AvgIpc) is 2.95. The van der Waals surface area contributed by atoms with Gasteiger partial charge in [-0.1, -0.05) is 0 Å². The molecule has 2 saturated carbocycles. The minimum atomic E-state index is -0.592. The van der Waals surface area contributed by atoms with Crippen molar-refractivity contribution in [1.29, 1.82) is 0 Å². The quantitative estimate of drug-likeness (QED) is 0.738. The first-order valence-electron chi connectivity index (χ1n) is 5.67. The average molecular weight is 195 g/mol. The maximum atomic E-state index is 11.2. The molecule has 3 nitrogen and oxygen atoms in total. The number of carboxylic acid groups (broad SMARTS) is 1. The lowest BCUT2D eigenvalue weighted by molar-refractivity contribution is -0.143. The third-order valence-corrected chi connectivity index (χ3v) is 4.14. The van der Waals surface area contributed by atoms with Gasteiger partial charge in [0.15, 0.2) is 0 Å². The Morgan fingerprint density at radius 1 is 1.36 bits per heavy atom. The van der Waals surface area contributed by atoms with Crippen molar-refractivity contribution in [2.24, 2.45) is 11.3 Å². The molecule has 1 spiro atoms. The maximum absolute atomic E-state index is 11.2. The molecule has 1 heterocycles. The van der Waals surface area contributed by atoms with Gasteiger partial charge in [-0.25, -0.2) is 0 Å². The van der Waals surface area contributed by atoms with E-state index in [2.05, 4.69) is 4.90 Å². The predicted octanol–water partition coefficient (Wildman–Crippen LogP) is 1.34. The molecule has 3 heteroatoms. The van der Waals surface area contributed by atoms with E-state index in [1.54, 1.807) is 0 Å². The van der Waals surface area contributed by atoms with Crippen LogP contribution in [0.15, 0.2) is 0 Å². The molecule has 1 saturated heterocycles. The molecule has 2 aliphatic carbocycles. The van der Waals surface area contributed by atoms with Gasteiger partial charge in [0.2, 0.25) is 0 Å². The zero-order valence-electron chi connectivity index (χ0n) is 8.41. The summed E-state index contributed by atoms with van der Waals surface area (Å²) in [6, 6.07) is -0.157. The van der Waals surface area contributed by atoms with Crippen LogP contribution in [0, 0.1) is 11.3 Å². The number of hydrogen-bond acceptors (Lipinski definition) is 2. The molecule has 0 amide bonds. The Kier molecular flexibility index (Phi) is 1.69. The largest absolute Gasteiger partial charge is 0.480 e. The van der Waals surface area contributed by atoms with Crippen LogP contribution in [0.1, 0.15) is 32.1 Å². The molecule has 1 N–H and O–H groups in total. The monoisotopic (exact) mass is 195 g/mol. The van der Waals surface area contributed by atoms with Crippen molar-refractivity contribution in [3.8, 4) is 0 Å². The van der Waals surface area contributed by atoms with Crippen LogP contribution in [0.2, 0.25) is 0 Å². The van der Waals surface area contributed by atoms with E-state index in [1.165, 1.54) is 19.3 Å². The molecule has 3 aliphatic rings. The Morgan fingerprint density at radius 3 is 2.50 bits per heavy atom. The summed E-state index contributed by atoms with van der Waals surface area (Å²) in [7, 11) is 0. The third-order valence-electron chi connectivity index (χ3n) is 4.14. The summed E-state index contributed by atoms with van der Waals surface area (Å²) in [4.78, 5) is 13.4. The summed E-state index contributed by atoms with van der Waals surface area (Å²) < 4.78 is 0. The number of carboxylic acids is 1. The standard InChI is InChI=1S/C11H17NO2/c13-10(14)9(8-1-2-8)12-6-5-11(7-12)3-4-11/h8-9H,1-7H2,(H,13,14). The van der Waals surface area contributed by atoms with Gasteiger partial charge in [0.05, 0.1) is 0 Å². The molecule has 78 valence electrons. The van der Waals surface area contributed by atoms with Crippen LogP contribution in [0.25, 0.3) is 0 Å². The van der Waals surface area contributed by atoms with Crippen molar-refractivity contribution < 1.29 is 9.90 Å². The lowest BCUT2D eigenvalue weighted by Crippen LogP contribution is -2.41. The number of nitrogens with zero attached hydrogens (tertiary/aromatic N) is 1. The zero-order valence-corrected chi connectivity index (χ0v) is 8.41. The zero-order chi connectivity index (χ0) is 9.76. The summed E-state index contributed by atoms with van der Waals surface area (Å²) in [5.41, 5.74) is 0.558. The van der Waals surface area contributed by atoms with Gasteiger partial charge in [-0.05, 0) is 50.0 Å². The van der Waals surface area contributed by atoms with Crippen LogP contribution in [-0.4, -0.2) is 35.1 Å². The van der Waals surface area contributed by atoms with Gasteiger partial charge in [0.25, 0.3) is 0 Å². The molecule has 0 aromatic heterocycles. The normalized spacial score (nSPS) is 32.0. The van der Waals surface area contributed by atoms with Crippen LogP contribution in [0.5, 0.6) is 0 Å². The maximum Gasteiger partial charge on any atom is 0.321 e. The minimum absolute atomic E-state index is 0.157. The van der Waals surface area contributed by atoms with Crippen LogP contribution in [-0.2, 0) is 4.79 Å². The van der Waals surface area contributed by atoms with E-state index in [9.17, 15) is 9.90 Å². The fourth-order valence-corrected chi connectivity index (χ4v) is 2.86. The first-order chi connectivity index (χ1) is 6.70. The van der Waals surface area contributed by atoms with Gasteiger partial charge < -0.3 is 5.11 Å². The molecule has 1 atom stereocenters. The highest BCUT2D eigenvalue weighted by Gasteiger charge is 2.52. The molecule has 0 radical (unpaired) electrons. The SMILES string of the molecule is O=C(O)C(C1CC1)N1CCC2(CC2)C1. The van der Waals surface area contributed by atoms with E-state index < -0.39 is 5.97 Å². The highest BCUT2D eigenvalue weighted by atomic mass is 16.4. The minimum Gasteiger partial charge on any atom is -0.480 e. The van der Waals surface area contributed by atoms with Crippen LogP contribution < -0.4 is 0 Å². The number of rotatable bonds is 3. The van der Waals surface area contributed by atoms with E-state index in [0.717, 1.165) is 25.9 Å². The van der Waals surface area contributed by atoms with E-state index >= 15 is 0 Å². The summed E-state index contributed by atoms with van der Waals surface area (Å²) in [5.74, 6) is -0.133. The van der Waals surface area contributed by atoms with Crippen molar-refractivity contribution >= 4 is 5.97 Å². The van der Waals surface area contributed by atoms with Crippen LogP contribution in [0.4, 0.5) is 0 Å². The highest BCUT2D eigenvalue weighted by Crippen LogP contribution is 2.54. The van der Waals surface area contributed by atoms with E-state index in [0.29, 0.717) is 11.3 Å². The molecule has 0 bridgehead atoms. The highest BCUT2D eigenvalue weighted by molar-refractivity contribution is 5.74. The molecule has 0 aromatic carbocycles. The van der Waals surface area contributed by atoms with Crippen molar-refractivity contribution in [2.75, 3.05) is 13.1 Å². The number of hydrogen-bond donors (Lipinski definition) is 1. The van der Waals surface area contributed by atoms with Gasteiger partial charge in [-0.2, -0.15) is 0 Å². The van der Waals surface area contributed by atoms with Gasteiger partial charge in [0, 0.05) is 6.54 Å². The first kappa shape index (κ1) is 8.72. The predicted molar refractivity (Wildman–Crippen MR) is 52.0 cm³/mol. The molecule has 0 aromatic rings. The van der Waals surface area contributed by atoms with E-state index in [-0.39, 0.29) is 6.04 Å². The number of likely N-dealkylation sites (tertiary alicyclic amines) is 1. The topological polar surface area (TPSA) is 40.5 Å². The van der Waals surface area contributed by atoms with Crippen LogP contribution in [0.3, 0.4) is 0 Å². The molecule has 3 rings (SSSR count). The van der Waals surface area contributed by atoms with Crippen LogP contribution >= 0.6 is 0 Å².